The Hall–Kier alpha value is -4.20. The molecule has 0 radical (unpaired) electrons. The fraction of sp³-hybridized carbons (Fsp3) is 0.200. The number of urea groups is 2. The molecule has 0 bridgehead atoms. The van der Waals surface area contributed by atoms with Crippen molar-refractivity contribution in [1.82, 2.24) is 15.5 Å². The van der Waals surface area contributed by atoms with E-state index in [4.69, 9.17) is 0 Å². The minimum absolute atomic E-state index is 0.530. The molecule has 3 aromatic carbocycles. The maximum atomic E-state index is 13.2. The number of nitrogens with one attached hydrogen (secondary N) is 3. The molecule has 6 amide bonds. The zero-order chi connectivity index (χ0) is 23.8. The zero-order valence-corrected chi connectivity index (χ0v) is 18.6. The number of imide groups is 2. The second-order valence-electron chi connectivity index (χ2n) is 8.27. The highest BCUT2D eigenvalue weighted by molar-refractivity contribution is 6.12. The van der Waals surface area contributed by atoms with Crippen molar-refractivity contribution in [2.45, 2.75) is 26.3 Å². The number of anilines is 1. The van der Waals surface area contributed by atoms with Crippen LogP contribution < -0.4 is 16.0 Å². The van der Waals surface area contributed by atoms with E-state index in [1.165, 1.54) is 0 Å². The molecule has 0 aliphatic carbocycles. The number of aryl methyl sites for hydroxylation is 2. The van der Waals surface area contributed by atoms with Crippen LogP contribution in [0.4, 0.5) is 15.3 Å². The van der Waals surface area contributed by atoms with Gasteiger partial charge in [0.25, 0.3) is 5.91 Å². The number of carbonyl (C=O) groups is 4. The van der Waals surface area contributed by atoms with Gasteiger partial charge in [0.15, 0.2) is 0 Å². The summed E-state index contributed by atoms with van der Waals surface area (Å²) in [6.07, 6.45) is 0. The van der Waals surface area contributed by atoms with E-state index in [1.54, 1.807) is 25.1 Å². The summed E-state index contributed by atoms with van der Waals surface area (Å²) in [6, 6.07) is 17.0. The lowest BCUT2D eigenvalue weighted by atomic mass is 9.88. The van der Waals surface area contributed by atoms with Crippen LogP contribution in [0.2, 0.25) is 0 Å². The molecule has 8 heteroatoms. The predicted molar refractivity (Wildman–Crippen MR) is 125 cm³/mol. The Morgan fingerprint density at radius 2 is 1.70 bits per heavy atom. The lowest BCUT2D eigenvalue weighted by Crippen LogP contribution is -2.45. The van der Waals surface area contributed by atoms with Crippen LogP contribution in [-0.4, -0.2) is 35.3 Å². The summed E-state index contributed by atoms with van der Waals surface area (Å²) < 4.78 is 0. The van der Waals surface area contributed by atoms with Gasteiger partial charge >= 0.3 is 12.1 Å². The second kappa shape index (κ2) is 8.38. The summed E-state index contributed by atoms with van der Waals surface area (Å²) >= 11 is 0. The second-order valence-corrected chi connectivity index (χ2v) is 8.27. The fourth-order valence-electron chi connectivity index (χ4n) is 3.98. The number of nitrogens with zero attached hydrogens (tertiary/aromatic N) is 1. The Bertz CT molecular complexity index is 1300. The molecule has 0 aromatic heterocycles. The molecule has 4 rings (SSSR count). The summed E-state index contributed by atoms with van der Waals surface area (Å²) in [5.41, 5.74) is 1.90. The topological polar surface area (TPSA) is 108 Å². The van der Waals surface area contributed by atoms with Crippen LogP contribution in [0.15, 0.2) is 60.7 Å². The average Bonchev–Trinajstić information content (AvgIpc) is 2.99. The van der Waals surface area contributed by atoms with Crippen molar-refractivity contribution in [2.75, 3.05) is 11.9 Å². The third-order valence-corrected chi connectivity index (χ3v) is 5.92. The first-order chi connectivity index (χ1) is 15.7. The number of benzene rings is 3. The van der Waals surface area contributed by atoms with E-state index < -0.39 is 36.0 Å². The SMILES string of the molecule is Cc1ccc(NC(=O)NC(=O)CN2C(=O)N[C@@](C)(c3cccc4ccccc34)C2=O)cc1C. The predicted octanol–water partition coefficient (Wildman–Crippen LogP) is 3.57. The molecule has 1 aliphatic rings. The van der Waals surface area contributed by atoms with Crippen LogP contribution in [0.25, 0.3) is 10.8 Å². The molecular formula is C25H24N4O4. The first-order valence-electron chi connectivity index (χ1n) is 10.5. The zero-order valence-electron chi connectivity index (χ0n) is 18.6. The minimum atomic E-state index is -1.33. The monoisotopic (exact) mass is 444 g/mol. The van der Waals surface area contributed by atoms with Crippen molar-refractivity contribution in [3.63, 3.8) is 0 Å². The van der Waals surface area contributed by atoms with Gasteiger partial charge in [0.1, 0.15) is 12.1 Å². The minimum Gasteiger partial charge on any atom is -0.319 e. The highest BCUT2D eigenvalue weighted by Gasteiger charge is 2.50. The van der Waals surface area contributed by atoms with E-state index in [2.05, 4.69) is 16.0 Å². The van der Waals surface area contributed by atoms with Crippen LogP contribution in [0, 0.1) is 13.8 Å². The Labute approximate surface area is 191 Å². The molecule has 1 saturated heterocycles. The van der Waals surface area contributed by atoms with Gasteiger partial charge in [0.2, 0.25) is 5.91 Å². The molecule has 1 fully saturated rings. The summed E-state index contributed by atoms with van der Waals surface area (Å²) in [7, 11) is 0. The van der Waals surface area contributed by atoms with Crippen molar-refractivity contribution >= 4 is 40.3 Å². The number of hydrogen-bond donors (Lipinski definition) is 3. The van der Waals surface area contributed by atoms with Gasteiger partial charge in [-0.1, -0.05) is 48.5 Å². The molecule has 1 aliphatic heterocycles. The van der Waals surface area contributed by atoms with Gasteiger partial charge in [-0.3, -0.25) is 19.8 Å². The van der Waals surface area contributed by atoms with E-state index in [0.717, 1.165) is 26.8 Å². The van der Waals surface area contributed by atoms with Gasteiger partial charge in [-0.2, -0.15) is 0 Å². The first kappa shape index (κ1) is 22.0. The maximum Gasteiger partial charge on any atom is 0.325 e. The largest absolute Gasteiger partial charge is 0.325 e. The third-order valence-electron chi connectivity index (χ3n) is 5.92. The molecule has 0 spiro atoms. The van der Waals surface area contributed by atoms with Crippen LogP contribution in [0.1, 0.15) is 23.6 Å². The maximum absolute atomic E-state index is 13.2. The molecule has 3 N–H and O–H groups in total. The standard InChI is InChI=1S/C25H24N4O4/c1-15-11-12-18(13-16(15)2)26-23(32)27-21(30)14-29-22(31)25(3,28-24(29)33)20-10-6-8-17-7-4-5-9-19(17)20/h4-13H,14H2,1-3H3,(H,28,33)(H2,26,27,30,32)/t25-/m0/s1. The van der Waals surface area contributed by atoms with Gasteiger partial charge in [-0.05, 0) is 60.4 Å². The Balaban J connectivity index is 1.47. The normalized spacial score (nSPS) is 17.7. The van der Waals surface area contributed by atoms with Crippen LogP contribution in [0.5, 0.6) is 0 Å². The van der Waals surface area contributed by atoms with Crippen LogP contribution in [0.3, 0.4) is 0 Å². The average molecular weight is 444 g/mol. The Morgan fingerprint density at radius 1 is 0.970 bits per heavy atom. The van der Waals surface area contributed by atoms with Crippen molar-refractivity contribution < 1.29 is 19.2 Å². The highest BCUT2D eigenvalue weighted by Crippen LogP contribution is 2.33. The lowest BCUT2D eigenvalue weighted by Gasteiger charge is -2.24. The Morgan fingerprint density at radius 3 is 2.45 bits per heavy atom. The van der Waals surface area contributed by atoms with E-state index in [-0.39, 0.29) is 0 Å². The first-order valence-corrected chi connectivity index (χ1v) is 10.5. The van der Waals surface area contributed by atoms with Crippen molar-refractivity contribution in [2.24, 2.45) is 0 Å². The van der Waals surface area contributed by atoms with Crippen molar-refractivity contribution in [1.29, 1.82) is 0 Å². The van der Waals surface area contributed by atoms with Gasteiger partial charge in [-0.25, -0.2) is 9.59 Å². The van der Waals surface area contributed by atoms with Crippen molar-refractivity contribution in [3.05, 3.63) is 77.4 Å². The number of amides is 6. The molecule has 0 unspecified atom stereocenters. The lowest BCUT2D eigenvalue weighted by molar-refractivity contribution is -0.134. The number of fused-ring (bicyclic) bond motifs is 1. The van der Waals surface area contributed by atoms with E-state index in [1.807, 2.05) is 56.3 Å². The molecule has 3 aromatic rings. The van der Waals surface area contributed by atoms with Gasteiger partial charge < -0.3 is 10.6 Å². The molecule has 1 atom stereocenters. The number of rotatable bonds is 4. The summed E-state index contributed by atoms with van der Waals surface area (Å²) in [4.78, 5) is 51.3. The molecule has 168 valence electrons. The molecular weight excluding hydrogens is 420 g/mol. The molecule has 8 nitrogen and oxygen atoms in total. The molecule has 1 heterocycles. The van der Waals surface area contributed by atoms with Gasteiger partial charge in [0, 0.05) is 5.69 Å². The van der Waals surface area contributed by atoms with Crippen molar-refractivity contribution in [3.8, 4) is 0 Å². The Kier molecular flexibility index (Phi) is 5.59. The number of hydrogen-bond acceptors (Lipinski definition) is 4. The summed E-state index contributed by atoms with van der Waals surface area (Å²) in [6.45, 7) is 4.89. The molecule has 33 heavy (non-hydrogen) atoms. The van der Waals surface area contributed by atoms with Gasteiger partial charge in [-0.15, -0.1) is 0 Å². The smallest absolute Gasteiger partial charge is 0.319 e. The summed E-state index contributed by atoms with van der Waals surface area (Å²) in [5.74, 6) is -1.34. The number of carbonyl (C=O) groups excluding carboxylic acids is 4. The summed E-state index contributed by atoms with van der Waals surface area (Å²) in [5, 5.41) is 9.20. The third kappa shape index (κ3) is 4.15. The quantitative estimate of drug-likeness (QED) is 0.535. The van der Waals surface area contributed by atoms with E-state index in [9.17, 15) is 19.2 Å². The van der Waals surface area contributed by atoms with Crippen LogP contribution in [-0.2, 0) is 15.1 Å². The highest BCUT2D eigenvalue weighted by atomic mass is 16.2. The fourth-order valence-corrected chi connectivity index (χ4v) is 3.98. The molecule has 0 saturated carbocycles. The van der Waals surface area contributed by atoms with E-state index >= 15 is 0 Å². The van der Waals surface area contributed by atoms with Crippen LogP contribution >= 0.6 is 0 Å². The van der Waals surface area contributed by atoms with Gasteiger partial charge in [0.05, 0.1) is 0 Å². The van der Waals surface area contributed by atoms with E-state index in [0.29, 0.717) is 11.3 Å².